The topological polar surface area (TPSA) is 102 Å². The van der Waals surface area contributed by atoms with E-state index in [2.05, 4.69) is 15.7 Å². The van der Waals surface area contributed by atoms with Gasteiger partial charge in [0.2, 0.25) is 11.8 Å². The van der Waals surface area contributed by atoms with Crippen LogP contribution in [0.3, 0.4) is 0 Å². The minimum atomic E-state index is -0.525. The van der Waals surface area contributed by atoms with Gasteiger partial charge >= 0.3 is 0 Å². The number of carbonyl (C=O) groups is 2. The first kappa shape index (κ1) is 14.5. The van der Waals surface area contributed by atoms with Crippen LogP contribution in [0.15, 0.2) is 12.4 Å². The predicted molar refractivity (Wildman–Crippen MR) is 74.9 cm³/mol. The van der Waals surface area contributed by atoms with Gasteiger partial charge in [0.05, 0.1) is 17.3 Å². The lowest BCUT2D eigenvalue weighted by molar-refractivity contribution is -0.125. The SMILES string of the molecule is CNC(=O)Cn1cc(NC(=O)C2(C)CCCC2N)cn1. The Hall–Kier alpha value is -1.89. The maximum atomic E-state index is 12.3. The van der Waals surface area contributed by atoms with E-state index in [0.717, 1.165) is 19.3 Å². The molecule has 1 fully saturated rings. The van der Waals surface area contributed by atoms with Crippen molar-refractivity contribution in [2.75, 3.05) is 12.4 Å². The number of hydrogen-bond donors (Lipinski definition) is 3. The molecular formula is C13H21N5O2. The second-order valence-corrected chi connectivity index (χ2v) is 5.47. The van der Waals surface area contributed by atoms with Gasteiger partial charge in [0.25, 0.3) is 0 Å². The average molecular weight is 279 g/mol. The van der Waals surface area contributed by atoms with Crippen LogP contribution in [0.5, 0.6) is 0 Å². The van der Waals surface area contributed by atoms with E-state index in [1.54, 1.807) is 13.2 Å². The molecule has 7 nitrogen and oxygen atoms in total. The largest absolute Gasteiger partial charge is 0.358 e. The summed E-state index contributed by atoms with van der Waals surface area (Å²) >= 11 is 0. The molecule has 4 N–H and O–H groups in total. The number of nitrogens with zero attached hydrogens (tertiary/aromatic N) is 2. The molecule has 0 saturated heterocycles. The highest BCUT2D eigenvalue weighted by Gasteiger charge is 2.43. The minimum absolute atomic E-state index is 0.0815. The Morgan fingerprint density at radius 3 is 2.95 bits per heavy atom. The van der Waals surface area contributed by atoms with Gasteiger partial charge in [-0.2, -0.15) is 5.10 Å². The van der Waals surface area contributed by atoms with E-state index in [0.29, 0.717) is 5.69 Å². The van der Waals surface area contributed by atoms with Crippen molar-refractivity contribution >= 4 is 17.5 Å². The number of nitrogens with one attached hydrogen (secondary N) is 2. The molecule has 1 saturated carbocycles. The highest BCUT2D eigenvalue weighted by atomic mass is 16.2. The van der Waals surface area contributed by atoms with Crippen molar-refractivity contribution in [1.82, 2.24) is 15.1 Å². The van der Waals surface area contributed by atoms with Gasteiger partial charge in [-0.15, -0.1) is 0 Å². The van der Waals surface area contributed by atoms with Crippen LogP contribution in [-0.4, -0.2) is 34.7 Å². The fraction of sp³-hybridized carbons (Fsp3) is 0.615. The van der Waals surface area contributed by atoms with Crippen LogP contribution in [0, 0.1) is 5.41 Å². The first-order valence-corrected chi connectivity index (χ1v) is 6.76. The van der Waals surface area contributed by atoms with Gasteiger partial charge in [-0.05, 0) is 19.8 Å². The highest BCUT2D eigenvalue weighted by molar-refractivity contribution is 5.95. The number of carbonyl (C=O) groups excluding carboxylic acids is 2. The van der Waals surface area contributed by atoms with Gasteiger partial charge in [0, 0.05) is 19.3 Å². The Morgan fingerprint density at radius 1 is 1.60 bits per heavy atom. The summed E-state index contributed by atoms with van der Waals surface area (Å²) in [5.41, 5.74) is 6.08. The third kappa shape index (κ3) is 2.82. The standard InChI is InChI=1S/C13H21N5O2/c1-13(5-3-4-10(13)14)12(20)17-9-6-16-18(7-9)8-11(19)15-2/h6-7,10H,3-5,8,14H2,1-2H3,(H,15,19)(H,17,20). The van der Waals surface area contributed by atoms with E-state index in [1.807, 2.05) is 6.92 Å². The summed E-state index contributed by atoms with van der Waals surface area (Å²) in [6, 6.07) is -0.108. The average Bonchev–Trinajstić information content (AvgIpc) is 2.98. The summed E-state index contributed by atoms with van der Waals surface area (Å²) in [7, 11) is 1.57. The summed E-state index contributed by atoms with van der Waals surface area (Å²) in [6.07, 6.45) is 5.81. The highest BCUT2D eigenvalue weighted by Crippen LogP contribution is 2.37. The summed E-state index contributed by atoms with van der Waals surface area (Å²) in [5, 5.41) is 9.38. The predicted octanol–water partition coefficient (Wildman–Crippen LogP) is 0.0851. The van der Waals surface area contributed by atoms with Gasteiger partial charge < -0.3 is 16.4 Å². The molecule has 2 rings (SSSR count). The van der Waals surface area contributed by atoms with E-state index in [4.69, 9.17) is 5.73 Å². The third-order valence-corrected chi connectivity index (χ3v) is 4.02. The number of aromatic nitrogens is 2. The molecule has 0 aromatic carbocycles. The van der Waals surface area contributed by atoms with Crippen molar-refractivity contribution in [3.63, 3.8) is 0 Å². The molecule has 1 heterocycles. The lowest BCUT2D eigenvalue weighted by Crippen LogP contribution is -2.44. The molecule has 0 spiro atoms. The Labute approximate surface area is 117 Å². The van der Waals surface area contributed by atoms with Crippen molar-refractivity contribution in [1.29, 1.82) is 0 Å². The van der Waals surface area contributed by atoms with Crippen molar-refractivity contribution in [3.05, 3.63) is 12.4 Å². The summed E-state index contributed by atoms with van der Waals surface area (Å²) in [4.78, 5) is 23.6. The van der Waals surface area contributed by atoms with Gasteiger partial charge in [-0.3, -0.25) is 14.3 Å². The lowest BCUT2D eigenvalue weighted by atomic mass is 9.84. The molecule has 20 heavy (non-hydrogen) atoms. The monoisotopic (exact) mass is 279 g/mol. The van der Waals surface area contributed by atoms with Crippen molar-refractivity contribution in [2.24, 2.45) is 11.1 Å². The fourth-order valence-electron chi connectivity index (χ4n) is 2.49. The molecular weight excluding hydrogens is 258 g/mol. The maximum absolute atomic E-state index is 12.3. The number of hydrogen-bond acceptors (Lipinski definition) is 4. The number of anilines is 1. The summed E-state index contributed by atoms with van der Waals surface area (Å²) in [5.74, 6) is -0.224. The Balaban J connectivity index is 2.00. The van der Waals surface area contributed by atoms with Gasteiger partial charge in [0.1, 0.15) is 6.54 Å². The van der Waals surface area contributed by atoms with Crippen molar-refractivity contribution in [3.8, 4) is 0 Å². The zero-order valence-electron chi connectivity index (χ0n) is 11.8. The van der Waals surface area contributed by atoms with E-state index < -0.39 is 5.41 Å². The molecule has 0 aliphatic heterocycles. The smallest absolute Gasteiger partial charge is 0.241 e. The van der Waals surface area contributed by atoms with Crippen LogP contribution in [0.4, 0.5) is 5.69 Å². The minimum Gasteiger partial charge on any atom is -0.358 e. The van der Waals surface area contributed by atoms with Gasteiger partial charge in [0.15, 0.2) is 0 Å². The zero-order valence-corrected chi connectivity index (χ0v) is 11.8. The number of rotatable bonds is 4. The lowest BCUT2D eigenvalue weighted by Gasteiger charge is -2.27. The molecule has 2 atom stereocenters. The third-order valence-electron chi connectivity index (χ3n) is 4.02. The van der Waals surface area contributed by atoms with Gasteiger partial charge in [-0.1, -0.05) is 6.42 Å². The van der Waals surface area contributed by atoms with Gasteiger partial charge in [-0.25, -0.2) is 0 Å². The molecule has 2 amide bonds. The van der Waals surface area contributed by atoms with E-state index in [-0.39, 0.29) is 24.4 Å². The van der Waals surface area contributed by atoms with E-state index in [1.165, 1.54) is 10.9 Å². The number of amides is 2. The molecule has 2 unspecified atom stereocenters. The van der Waals surface area contributed by atoms with Crippen molar-refractivity contribution in [2.45, 2.75) is 38.8 Å². The number of nitrogens with two attached hydrogens (primary N) is 1. The molecule has 1 aliphatic carbocycles. The molecule has 110 valence electrons. The normalized spacial score (nSPS) is 25.4. The molecule has 1 aliphatic rings. The second-order valence-electron chi connectivity index (χ2n) is 5.47. The fourth-order valence-corrected chi connectivity index (χ4v) is 2.49. The summed E-state index contributed by atoms with van der Waals surface area (Å²) < 4.78 is 1.48. The van der Waals surface area contributed by atoms with Crippen LogP contribution in [0.1, 0.15) is 26.2 Å². The van der Waals surface area contributed by atoms with Crippen LogP contribution in [-0.2, 0) is 16.1 Å². The molecule has 0 bridgehead atoms. The number of likely N-dealkylation sites (N-methyl/N-ethyl adjacent to an activating group) is 1. The molecule has 0 radical (unpaired) electrons. The Morgan fingerprint density at radius 2 is 2.35 bits per heavy atom. The van der Waals surface area contributed by atoms with E-state index in [9.17, 15) is 9.59 Å². The van der Waals surface area contributed by atoms with Crippen molar-refractivity contribution < 1.29 is 9.59 Å². The first-order chi connectivity index (χ1) is 9.45. The first-order valence-electron chi connectivity index (χ1n) is 6.76. The second kappa shape index (κ2) is 5.62. The quantitative estimate of drug-likeness (QED) is 0.726. The van der Waals surface area contributed by atoms with Crippen LogP contribution < -0.4 is 16.4 Å². The molecule has 7 heteroatoms. The Kier molecular flexibility index (Phi) is 4.08. The van der Waals surface area contributed by atoms with Crippen LogP contribution in [0.2, 0.25) is 0 Å². The van der Waals surface area contributed by atoms with Crippen LogP contribution in [0.25, 0.3) is 0 Å². The zero-order chi connectivity index (χ0) is 14.8. The molecule has 1 aromatic rings. The Bertz CT molecular complexity index is 513. The maximum Gasteiger partial charge on any atom is 0.241 e. The van der Waals surface area contributed by atoms with Crippen LogP contribution >= 0.6 is 0 Å². The van der Waals surface area contributed by atoms with E-state index >= 15 is 0 Å². The molecule has 1 aromatic heterocycles. The summed E-state index contributed by atoms with van der Waals surface area (Å²) in [6.45, 7) is 2.03.